The molecule has 2 amide bonds. The zero-order valence-corrected chi connectivity index (χ0v) is 49.0. The second-order valence-corrected chi connectivity index (χ2v) is 21.3. The summed E-state index contributed by atoms with van der Waals surface area (Å²) in [7, 11) is 0. The SMILES string of the molecule is CCOc1ccc(C(=O)N2CCN(c3ccc(-c4cccnc4OCC)nc3CNCCCCCCCCCCCCCCCNC(=O)CN3CCN(CC(=O)O)CCN(CC(=O)O)CCN(CC(=O)O)CC3)C(CC)C2)c(C(F)(F)F)n1. The van der Waals surface area contributed by atoms with Crippen molar-refractivity contribution in [3.63, 3.8) is 0 Å². The Balaban J connectivity index is 0.981. The van der Waals surface area contributed by atoms with Gasteiger partial charge in [0.2, 0.25) is 17.7 Å². The summed E-state index contributed by atoms with van der Waals surface area (Å²) in [6.07, 6.45) is 12.1. The lowest BCUT2D eigenvalue weighted by molar-refractivity contribution is -0.142. The van der Waals surface area contributed by atoms with Gasteiger partial charge in [0.25, 0.3) is 5.91 Å². The number of piperazine rings is 1. The molecule has 0 aromatic carbocycles. The Morgan fingerprint density at radius 1 is 0.614 bits per heavy atom. The number of hydrogen-bond donors (Lipinski definition) is 5. The van der Waals surface area contributed by atoms with Crippen LogP contribution >= 0.6 is 0 Å². The van der Waals surface area contributed by atoms with E-state index in [9.17, 15) is 52.5 Å². The Hall–Kier alpha value is -6.21. The number of carboxylic acids is 3. The van der Waals surface area contributed by atoms with E-state index in [0.29, 0.717) is 96.6 Å². The minimum absolute atomic E-state index is 0.107. The molecule has 24 heteroatoms. The van der Waals surface area contributed by atoms with Gasteiger partial charge >= 0.3 is 24.1 Å². The van der Waals surface area contributed by atoms with E-state index in [-0.39, 0.29) is 63.7 Å². The van der Waals surface area contributed by atoms with Gasteiger partial charge in [-0.05, 0) is 70.0 Å². The number of hydrogen-bond acceptors (Lipinski definition) is 16. The lowest BCUT2D eigenvalue weighted by Crippen LogP contribution is -2.55. The largest absolute Gasteiger partial charge is 0.480 e. The summed E-state index contributed by atoms with van der Waals surface area (Å²) in [5.74, 6) is -3.54. The molecule has 1 unspecified atom stereocenters. The highest BCUT2D eigenvalue weighted by Crippen LogP contribution is 2.35. The second-order valence-electron chi connectivity index (χ2n) is 21.3. The maximum atomic E-state index is 14.2. The Morgan fingerprint density at radius 3 is 1.64 bits per heavy atom. The number of nitrogens with one attached hydrogen (secondary N) is 2. The average Bonchev–Trinajstić information content (AvgIpc) is 3.60. The topological polar surface area (TPSA) is 247 Å². The molecule has 1 atom stereocenters. The minimum Gasteiger partial charge on any atom is -0.480 e. The third-order valence-electron chi connectivity index (χ3n) is 15.0. The van der Waals surface area contributed by atoms with Gasteiger partial charge in [-0.15, -0.1) is 0 Å². The number of ether oxygens (including phenoxy) is 2. The van der Waals surface area contributed by atoms with Crippen LogP contribution in [0.4, 0.5) is 18.9 Å². The number of carbonyl (C=O) groups excluding carboxylic acids is 2. The van der Waals surface area contributed by atoms with Crippen LogP contribution in [0.25, 0.3) is 11.3 Å². The van der Waals surface area contributed by atoms with Crippen molar-refractivity contribution in [2.75, 3.05) is 129 Å². The predicted molar refractivity (Wildman–Crippen MR) is 310 cm³/mol. The maximum absolute atomic E-state index is 14.2. The average molecular weight is 1170 g/mol. The fourth-order valence-corrected chi connectivity index (χ4v) is 10.6. The number of halogens is 3. The molecule has 5 rings (SSSR count). The number of carbonyl (C=O) groups is 5. The standard InChI is InChI=1S/C59H90F3N11O10/c1-4-45-40-72(58(81)47-22-25-52(82-5-2)67-56(47)59(60,61)62)37-38-73(45)50-24-23-48(46-21-20-28-65-57(46)83-6-3)66-49(50)39-63-26-18-16-14-12-10-8-7-9-11-13-15-17-19-27-64-51(74)41-68-29-31-69(42-53(75)76)33-35-71(44-55(79)80)36-34-70(32-30-68)43-54(77)78/h20-25,28,45,63H,4-19,26-27,29-44H2,1-3H3,(H,64,74)(H,75,76)(H,77,78)(H,79,80). The van der Waals surface area contributed by atoms with Gasteiger partial charge in [0.15, 0.2) is 5.69 Å². The molecule has 3 aromatic heterocycles. The normalized spacial score (nSPS) is 16.5. The molecule has 0 bridgehead atoms. The van der Waals surface area contributed by atoms with Gasteiger partial charge in [-0.1, -0.05) is 77.6 Å². The molecule has 2 aliphatic heterocycles. The molecule has 2 aliphatic rings. The van der Waals surface area contributed by atoms with E-state index < -0.39 is 41.2 Å². The first kappa shape index (κ1) is 67.6. The van der Waals surface area contributed by atoms with E-state index in [1.165, 1.54) is 49.5 Å². The number of anilines is 1. The summed E-state index contributed by atoms with van der Waals surface area (Å²) in [5.41, 5.74) is 1.46. The molecule has 0 spiro atoms. The van der Waals surface area contributed by atoms with E-state index in [4.69, 9.17) is 14.5 Å². The van der Waals surface area contributed by atoms with Crippen molar-refractivity contribution < 1.29 is 61.9 Å². The van der Waals surface area contributed by atoms with Crippen molar-refractivity contribution in [2.24, 2.45) is 0 Å². The number of alkyl halides is 3. The number of carboxylic acid groups (broad SMARTS) is 3. The molecular weight excluding hydrogens is 1080 g/mol. The van der Waals surface area contributed by atoms with Gasteiger partial charge in [-0.2, -0.15) is 13.2 Å². The molecule has 462 valence electrons. The van der Waals surface area contributed by atoms with Crippen LogP contribution in [-0.2, 0) is 31.9 Å². The van der Waals surface area contributed by atoms with Gasteiger partial charge in [0.05, 0.1) is 67.6 Å². The smallest absolute Gasteiger partial charge is 0.434 e. The summed E-state index contributed by atoms with van der Waals surface area (Å²) >= 11 is 0. The molecule has 5 N–H and O–H groups in total. The zero-order valence-electron chi connectivity index (χ0n) is 49.0. The Morgan fingerprint density at radius 2 is 1.13 bits per heavy atom. The van der Waals surface area contributed by atoms with Crippen molar-refractivity contribution in [3.05, 3.63) is 59.5 Å². The Labute approximate surface area is 487 Å². The quantitative estimate of drug-likeness (QED) is 0.0384. The first-order valence-corrected chi connectivity index (χ1v) is 29.9. The molecule has 5 heterocycles. The number of nitrogens with zero attached hydrogens (tertiary/aromatic N) is 9. The number of unbranched alkanes of at least 4 members (excludes halogenated alkanes) is 12. The molecule has 3 aromatic rings. The second kappa shape index (κ2) is 36.5. The van der Waals surface area contributed by atoms with Gasteiger partial charge < -0.3 is 45.2 Å². The van der Waals surface area contributed by atoms with Crippen LogP contribution in [0.15, 0.2) is 42.6 Å². The van der Waals surface area contributed by atoms with E-state index in [0.717, 1.165) is 74.5 Å². The summed E-state index contributed by atoms with van der Waals surface area (Å²) < 4.78 is 53.6. The zero-order chi connectivity index (χ0) is 60.0. The van der Waals surface area contributed by atoms with Crippen LogP contribution in [-0.4, -0.2) is 215 Å². The van der Waals surface area contributed by atoms with Gasteiger partial charge in [-0.25, -0.2) is 15.0 Å². The summed E-state index contributed by atoms with van der Waals surface area (Å²) in [6.45, 7) is 11.1. The van der Waals surface area contributed by atoms with E-state index >= 15 is 0 Å². The number of aliphatic carboxylic acids is 3. The van der Waals surface area contributed by atoms with Crippen molar-refractivity contribution >= 4 is 35.4 Å². The summed E-state index contributed by atoms with van der Waals surface area (Å²) in [6, 6.07) is 10.0. The third kappa shape index (κ3) is 24.1. The lowest BCUT2D eigenvalue weighted by atomic mass is 10.0. The van der Waals surface area contributed by atoms with Gasteiger partial charge in [0.1, 0.15) is 0 Å². The highest BCUT2D eigenvalue weighted by Gasteiger charge is 2.40. The Bertz CT molecular complexity index is 2450. The number of pyridine rings is 3. The Kier molecular flexibility index (Phi) is 29.7. The summed E-state index contributed by atoms with van der Waals surface area (Å²) in [4.78, 5) is 85.5. The molecule has 0 saturated carbocycles. The van der Waals surface area contributed by atoms with Crippen LogP contribution in [0.5, 0.6) is 11.8 Å². The molecular formula is C59H90F3N11O10. The van der Waals surface area contributed by atoms with Gasteiger partial charge in [0, 0.05) is 103 Å². The maximum Gasteiger partial charge on any atom is 0.434 e. The highest BCUT2D eigenvalue weighted by atomic mass is 19.4. The van der Waals surface area contributed by atoms with Crippen molar-refractivity contribution in [1.82, 2.24) is 50.1 Å². The van der Waals surface area contributed by atoms with Crippen LogP contribution in [0.1, 0.15) is 132 Å². The first-order valence-electron chi connectivity index (χ1n) is 29.9. The fraction of sp³-hybridized carbons (Fsp3) is 0.661. The minimum atomic E-state index is -4.84. The van der Waals surface area contributed by atoms with Crippen LogP contribution in [0.3, 0.4) is 0 Å². The van der Waals surface area contributed by atoms with E-state index in [1.807, 2.05) is 43.0 Å². The molecule has 21 nitrogen and oxygen atoms in total. The third-order valence-corrected chi connectivity index (χ3v) is 15.0. The molecule has 0 aliphatic carbocycles. The van der Waals surface area contributed by atoms with Crippen LogP contribution in [0.2, 0.25) is 0 Å². The van der Waals surface area contributed by atoms with Crippen molar-refractivity contribution in [3.8, 4) is 23.0 Å². The first-order chi connectivity index (χ1) is 40.0. The fourth-order valence-electron chi connectivity index (χ4n) is 10.6. The number of rotatable bonds is 34. The van der Waals surface area contributed by atoms with E-state index in [2.05, 4.69) is 25.5 Å². The van der Waals surface area contributed by atoms with Crippen LogP contribution in [0, 0.1) is 0 Å². The lowest BCUT2D eigenvalue weighted by Gasteiger charge is -2.43. The highest BCUT2D eigenvalue weighted by molar-refractivity contribution is 5.96. The monoisotopic (exact) mass is 1170 g/mol. The molecule has 0 radical (unpaired) electrons. The summed E-state index contributed by atoms with van der Waals surface area (Å²) in [5, 5.41) is 35.0. The molecule has 83 heavy (non-hydrogen) atoms. The number of amides is 2. The van der Waals surface area contributed by atoms with Crippen LogP contribution < -0.4 is 25.0 Å². The predicted octanol–water partition coefficient (Wildman–Crippen LogP) is 6.85. The van der Waals surface area contributed by atoms with Crippen molar-refractivity contribution in [1.29, 1.82) is 0 Å². The number of aromatic nitrogens is 3. The van der Waals surface area contributed by atoms with Gasteiger partial charge in [-0.3, -0.25) is 43.6 Å². The molecule has 2 fully saturated rings. The van der Waals surface area contributed by atoms with Crippen molar-refractivity contribution in [2.45, 2.75) is 129 Å². The van der Waals surface area contributed by atoms with E-state index in [1.54, 1.807) is 27.8 Å². The molecule has 2 saturated heterocycles.